The Labute approximate surface area is 116 Å². The van der Waals surface area contributed by atoms with Gasteiger partial charge in [-0.1, -0.05) is 19.8 Å². The summed E-state index contributed by atoms with van der Waals surface area (Å²) < 4.78 is 0. The second kappa shape index (κ2) is 8.51. The second-order valence-corrected chi connectivity index (χ2v) is 5.54. The first-order chi connectivity index (χ1) is 9.10. The molecule has 1 aliphatic rings. The van der Waals surface area contributed by atoms with Gasteiger partial charge in [-0.3, -0.25) is 4.79 Å². The van der Waals surface area contributed by atoms with Gasteiger partial charge in [-0.25, -0.2) is 0 Å². The lowest BCUT2D eigenvalue weighted by Gasteiger charge is -2.38. The van der Waals surface area contributed by atoms with Gasteiger partial charge in [0.05, 0.1) is 12.6 Å². The minimum absolute atomic E-state index is 0.0112. The van der Waals surface area contributed by atoms with E-state index < -0.39 is 6.04 Å². The molecule has 19 heavy (non-hydrogen) atoms. The summed E-state index contributed by atoms with van der Waals surface area (Å²) in [6.07, 6.45) is 4.72. The first-order valence-corrected chi connectivity index (χ1v) is 7.45. The van der Waals surface area contributed by atoms with E-state index in [0.29, 0.717) is 6.54 Å². The first-order valence-electron chi connectivity index (χ1n) is 7.45. The molecule has 1 saturated heterocycles. The number of piperidine rings is 1. The number of likely N-dealkylation sites (tertiary alicyclic amines) is 1. The van der Waals surface area contributed by atoms with E-state index in [4.69, 9.17) is 5.73 Å². The summed E-state index contributed by atoms with van der Waals surface area (Å²) in [5.74, 6) is 0.0112. The van der Waals surface area contributed by atoms with Crippen LogP contribution in [0.25, 0.3) is 0 Å². The maximum Gasteiger partial charge on any atom is 0.239 e. The molecule has 0 bridgehead atoms. The summed E-state index contributed by atoms with van der Waals surface area (Å²) in [4.78, 5) is 16.5. The number of carbonyl (C=O) groups is 1. The van der Waals surface area contributed by atoms with Crippen LogP contribution in [0.3, 0.4) is 0 Å². The fourth-order valence-corrected chi connectivity index (χ4v) is 2.65. The molecule has 0 spiro atoms. The molecule has 112 valence electrons. The fraction of sp³-hybridized carbons (Fsp3) is 0.929. The Bertz CT molecular complexity index is 265. The number of aliphatic hydroxyl groups is 1. The van der Waals surface area contributed by atoms with Crippen LogP contribution >= 0.6 is 0 Å². The van der Waals surface area contributed by atoms with Gasteiger partial charge >= 0.3 is 0 Å². The highest BCUT2D eigenvalue weighted by Gasteiger charge is 2.29. The molecule has 1 atom stereocenters. The molecule has 5 nitrogen and oxygen atoms in total. The van der Waals surface area contributed by atoms with Gasteiger partial charge < -0.3 is 20.6 Å². The zero-order valence-electron chi connectivity index (χ0n) is 12.3. The molecule has 1 amide bonds. The predicted molar refractivity (Wildman–Crippen MR) is 76.8 cm³/mol. The third-order valence-electron chi connectivity index (χ3n) is 3.94. The maximum atomic E-state index is 12.4. The number of amides is 1. The van der Waals surface area contributed by atoms with Crippen molar-refractivity contribution in [3.63, 3.8) is 0 Å². The molecule has 0 aromatic rings. The zero-order chi connectivity index (χ0) is 14.3. The third-order valence-corrected chi connectivity index (χ3v) is 3.94. The molecule has 0 unspecified atom stereocenters. The van der Waals surface area contributed by atoms with Crippen molar-refractivity contribution in [2.24, 2.45) is 5.73 Å². The smallest absolute Gasteiger partial charge is 0.239 e. The molecular formula is C14H29N3O2. The maximum absolute atomic E-state index is 12.4. The van der Waals surface area contributed by atoms with Gasteiger partial charge in [-0.2, -0.15) is 0 Å². The highest BCUT2D eigenvalue weighted by atomic mass is 16.3. The van der Waals surface area contributed by atoms with Crippen LogP contribution in [0, 0.1) is 0 Å². The molecule has 1 fully saturated rings. The molecule has 0 radical (unpaired) electrons. The van der Waals surface area contributed by atoms with Crippen LogP contribution < -0.4 is 5.73 Å². The Morgan fingerprint density at radius 3 is 2.63 bits per heavy atom. The number of aliphatic hydroxyl groups excluding tert-OH is 1. The summed E-state index contributed by atoms with van der Waals surface area (Å²) in [6, 6.07) is -0.172. The number of unbranched alkanes of at least 4 members (excludes halogenated alkanes) is 1. The van der Waals surface area contributed by atoms with Crippen LogP contribution in [0.5, 0.6) is 0 Å². The van der Waals surface area contributed by atoms with Gasteiger partial charge in [0.15, 0.2) is 0 Å². The molecule has 1 heterocycles. The lowest BCUT2D eigenvalue weighted by Crippen LogP contribution is -2.52. The topological polar surface area (TPSA) is 69.8 Å². The van der Waals surface area contributed by atoms with Crippen molar-refractivity contribution < 1.29 is 9.90 Å². The van der Waals surface area contributed by atoms with Crippen LogP contribution in [0.1, 0.15) is 39.0 Å². The van der Waals surface area contributed by atoms with Gasteiger partial charge in [0.2, 0.25) is 5.91 Å². The largest absolute Gasteiger partial charge is 0.395 e. The van der Waals surface area contributed by atoms with Crippen LogP contribution in [0.15, 0.2) is 0 Å². The van der Waals surface area contributed by atoms with Crippen LogP contribution in [-0.2, 0) is 4.79 Å². The molecule has 0 saturated carbocycles. The summed E-state index contributed by atoms with van der Waals surface area (Å²) in [5.41, 5.74) is 5.99. The molecule has 0 aromatic heterocycles. The predicted octanol–water partition coefficient (Wildman–Crippen LogP) is 0.419. The zero-order valence-corrected chi connectivity index (χ0v) is 12.3. The van der Waals surface area contributed by atoms with Crippen LogP contribution in [0.4, 0.5) is 0 Å². The summed E-state index contributed by atoms with van der Waals surface area (Å²) in [6.45, 7) is 4.53. The molecule has 1 rings (SSSR count). The number of carbonyl (C=O) groups excluding carboxylic acids is 1. The van der Waals surface area contributed by atoms with E-state index >= 15 is 0 Å². The highest BCUT2D eigenvalue weighted by Crippen LogP contribution is 2.17. The Morgan fingerprint density at radius 1 is 1.47 bits per heavy atom. The number of nitrogens with zero attached hydrogens (tertiary/aromatic N) is 2. The normalized spacial score (nSPS) is 19.4. The van der Waals surface area contributed by atoms with Gasteiger partial charge in [0.1, 0.15) is 0 Å². The van der Waals surface area contributed by atoms with Crippen molar-refractivity contribution >= 4 is 5.91 Å². The Morgan fingerprint density at radius 2 is 2.11 bits per heavy atom. The first kappa shape index (κ1) is 16.4. The van der Waals surface area contributed by atoms with Crippen molar-refractivity contribution in [2.75, 3.05) is 33.3 Å². The minimum Gasteiger partial charge on any atom is -0.395 e. The standard InChI is InChI=1S/C14H29N3O2/c1-3-4-5-13(15)14(19)17(10-11-18)12-6-8-16(2)9-7-12/h12-13,18H,3-11,15H2,1-2H3/t13-/m0/s1. The van der Waals surface area contributed by atoms with E-state index in [1.54, 1.807) is 0 Å². The molecular weight excluding hydrogens is 242 g/mol. The van der Waals surface area contributed by atoms with E-state index in [1.807, 2.05) is 4.90 Å². The van der Waals surface area contributed by atoms with Crippen molar-refractivity contribution in [1.29, 1.82) is 0 Å². The summed E-state index contributed by atoms with van der Waals surface area (Å²) in [7, 11) is 2.10. The number of rotatable bonds is 7. The Hall–Kier alpha value is -0.650. The van der Waals surface area contributed by atoms with Crippen molar-refractivity contribution in [3.05, 3.63) is 0 Å². The lowest BCUT2D eigenvalue weighted by molar-refractivity contribution is -0.136. The van der Waals surface area contributed by atoms with Crippen molar-refractivity contribution in [3.8, 4) is 0 Å². The van der Waals surface area contributed by atoms with Crippen LogP contribution in [-0.4, -0.2) is 66.2 Å². The van der Waals surface area contributed by atoms with E-state index in [-0.39, 0.29) is 18.6 Å². The van der Waals surface area contributed by atoms with E-state index in [1.165, 1.54) is 0 Å². The van der Waals surface area contributed by atoms with Gasteiger partial charge in [-0.15, -0.1) is 0 Å². The number of hydrogen-bond acceptors (Lipinski definition) is 4. The van der Waals surface area contributed by atoms with Crippen molar-refractivity contribution in [2.45, 2.75) is 51.1 Å². The Balaban J connectivity index is 2.57. The quantitative estimate of drug-likeness (QED) is 0.704. The average molecular weight is 271 g/mol. The third kappa shape index (κ3) is 5.09. The molecule has 3 N–H and O–H groups in total. The summed E-state index contributed by atoms with van der Waals surface area (Å²) >= 11 is 0. The molecule has 0 aromatic carbocycles. The monoisotopic (exact) mass is 271 g/mol. The highest BCUT2D eigenvalue weighted by molar-refractivity contribution is 5.82. The summed E-state index contributed by atoms with van der Waals surface area (Å²) in [5, 5.41) is 9.18. The van der Waals surface area contributed by atoms with Crippen LogP contribution in [0.2, 0.25) is 0 Å². The Kier molecular flexibility index (Phi) is 7.34. The van der Waals surface area contributed by atoms with E-state index in [0.717, 1.165) is 45.2 Å². The van der Waals surface area contributed by atoms with Gasteiger partial charge in [0, 0.05) is 12.6 Å². The van der Waals surface area contributed by atoms with Gasteiger partial charge in [0.25, 0.3) is 0 Å². The minimum atomic E-state index is -0.411. The number of hydrogen-bond donors (Lipinski definition) is 2. The number of nitrogens with two attached hydrogens (primary N) is 1. The van der Waals surface area contributed by atoms with E-state index in [9.17, 15) is 9.90 Å². The van der Waals surface area contributed by atoms with E-state index in [2.05, 4.69) is 18.9 Å². The molecule has 1 aliphatic heterocycles. The molecule has 0 aliphatic carbocycles. The average Bonchev–Trinajstić information content (AvgIpc) is 2.42. The lowest BCUT2D eigenvalue weighted by atomic mass is 10.0. The van der Waals surface area contributed by atoms with Crippen molar-refractivity contribution in [1.82, 2.24) is 9.80 Å². The van der Waals surface area contributed by atoms with Gasteiger partial charge in [-0.05, 0) is 39.4 Å². The fourth-order valence-electron chi connectivity index (χ4n) is 2.65. The second-order valence-electron chi connectivity index (χ2n) is 5.54. The molecule has 5 heteroatoms. The SMILES string of the molecule is CCCC[C@H](N)C(=O)N(CCO)C1CCN(C)CC1.